The van der Waals surface area contributed by atoms with Gasteiger partial charge in [-0.2, -0.15) is 22.5 Å². The summed E-state index contributed by atoms with van der Waals surface area (Å²) in [7, 11) is -3.39. The van der Waals surface area contributed by atoms with E-state index in [1.54, 1.807) is 0 Å². The number of hydrogen-bond donors (Lipinski definition) is 0. The molecule has 0 aromatic carbocycles. The van der Waals surface area contributed by atoms with Crippen molar-refractivity contribution in [2.45, 2.75) is 56.0 Å². The van der Waals surface area contributed by atoms with Gasteiger partial charge in [0.15, 0.2) is 5.82 Å². The fourth-order valence-corrected chi connectivity index (χ4v) is 4.99. The Hall–Kier alpha value is -1.16. The number of halogens is 3. The van der Waals surface area contributed by atoms with Crippen LogP contribution in [0.25, 0.3) is 0 Å². The van der Waals surface area contributed by atoms with E-state index < -0.39 is 27.4 Å². The molecule has 124 valence electrons. The Bertz CT molecular complexity index is 652. The molecule has 10 heteroatoms. The van der Waals surface area contributed by atoms with E-state index in [1.807, 2.05) is 0 Å². The minimum atomic E-state index is -4.28. The van der Waals surface area contributed by atoms with Gasteiger partial charge in [-0.3, -0.25) is 0 Å². The Labute approximate surface area is 125 Å². The molecule has 1 aliphatic carbocycles. The fourth-order valence-electron chi connectivity index (χ4n) is 2.77. The van der Waals surface area contributed by atoms with Crippen molar-refractivity contribution < 1.29 is 26.1 Å². The van der Waals surface area contributed by atoms with Crippen molar-refractivity contribution in [2.75, 3.05) is 6.54 Å². The average Bonchev–Trinajstić information content (AvgIpc) is 3.06. The Kier molecular flexibility index (Phi) is 3.71. The number of hydrogen-bond acceptors (Lipinski definition) is 5. The summed E-state index contributed by atoms with van der Waals surface area (Å²) in [6.07, 6.45) is -2.89. The predicted octanol–water partition coefficient (Wildman–Crippen LogP) is 2.02. The van der Waals surface area contributed by atoms with Crippen LogP contribution in [0.1, 0.15) is 43.8 Å². The number of nitrogens with zero attached hydrogens (tertiary/aromatic N) is 3. The summed E-state index contributed by atoms with van der Waals surface area (Å²) in [6, 6.07) is 0. The van der Waals surface area contributed by atoms with Gasteiger partial charge >= 0.3 is 6.18 Å². The molecule has 2 fully saturated rings. The molecule has 22 heavy (non-hydrogen) atoms. The van der Waals surface area contributed by atoms with Gasteiger partial charge in [0.25, 0.3) is 0 Å². The molecule has 1 aliphatic heterocycles. The van der Waals surface area contributed by atoms with Crippen molar-refractivity contribution in [1.29, 1.82) is 0 Å². The maximum Gasteiger partial charge on any atom is 0.389 e. The van der Waals surface area contributed by atoms with Gasteiger partial charge in [0, 0.05) is 13.0 Å². The highest BCUT2D eigenvalue weighted by molar-refractivity contribution is 7.90. The summed E-state index contributed by atoms with van der Waals surface area (Å²) in [6.45, 7) is 0.313. The maximum atomic E-state index is 12.5. The normalized spacial score (nSPS) is 23.8. The second-order valence-electron chi connectivity index (χ2n) is 5.84. The van der Waals surface area contributed by atoms with Gasteiger partial charge in [-0.25, -0.2) is 8.42 Å². The fraction of sp³-hybridized carbons (Fsp3) is 0.833. The van der Waals surface area contributed by atoms with Gasteiger partial charge in [0.2, 0.25) is 15.9 Å². The molecular formula is C12H16F3N3O3S. The third kappa shape index (κ3) is 2.98. The first-order valence-corrected chi connectivity index (χ1v) is 8.54. The third-order valence-corrected chi connectivity index (χ3v) is 6.89. The average molecular weight is 339 g/mol. The summed E-state index contributed by atoms with van der Waals surface area (Å²) >= 11 is 0. The first-order chi connectivity index (χ1) is 10.2. The van der Waals surface area contributed by atoms with Gasteiger partial charge < -0.3 is 4.52 Å². The summed E-state index contributed by atoms with van der Waals surface area (Å²) in [5, 5.41) is 3.48. The highest BCUT2D eigenvalue weighted by Gasteiger charge is 2.58. The summed E-state index contributed by atoms with van der Waals surface area (Å²) in [4.78, 5) is 3.86. The van der Waals surface area contributed by atoms with Gasteiger partial charge in [-0.05, 0) is 25.7 Å². The van der Waals surface area contributed by atoms with E-state index >= 15 is 0 Å². The van der Waals surface area contributed by atoms with E-state index in [2.05, 4.69) is 10.1 Å². The van der Waals surface area contributed by atoms with E-state index in [9.17, 15) is 21.6 Å². The first kappa shape index (κ1) is 15.7. The van der Waals surface area contributed by atoms with E-state index in [0.717, 1.165) is 6.42 Å². The van der Waals surface area contributed by atoms with Gasteiger partial charge in [-0.1, -0.05) is 5.16 Å². The van der Waals surface area contributed by atoms with Crippen molar-refractivity contribution in [2.24, 2.45) is 0 Å². The van der Waals surface area contributed by atoms with Gasteiger partial charge in [0.1, 0.15) is 0 Å². The minimum absolute atomic E-state index is 0.0402. The molecule has 0 N–H and O–H groups in total. The molecule has 1 saturated heterocycles. The highest BCUT2D eigenvalue weighted by Crippen LogP contribution is 2.51. The lowest BCUT2D eigenvalue weighted by Crippen LogP contribution is -2.44. The third-order valence-electron chi connectivity index (χ3n) is 4.19. The highest BCUT2D eigenvalue weighted by atomic mass is 32.2. The molecule has 0 atom stereocenters. The van der Waals surface area contributed by atoms with E-state index in [4.69, 9.17) is 4.52 Å². The lowest BCUT2D eigenvalue weighted by atomic mass is 10.2. The molecule has 0 unspecified atom stereocenters. The summed E-state index contributed by atoms with van der Waals surface area (Å²) in [5.41, 5.74) is 0. The number of alkyl halides is 3. The topological polar surface area (TPSA) is 76.3 Å². The van der Waals surface area contributed by atoms with Crippen molar-refractivity contribution >= 4 is 10.0 Å². The first-order valence-electron chi connectivity index (χ1n) is 7.10. The van der Waals surface area contributed by atoms with Crippen LogP contribution < -0.4 is 0 Å². The van der Waals surface area contributed by atoms with E-state index in [-0.39, 0.29) is 24.7 Å². The Balaban J connectivity index is 1.65. The van der Waals surface area contributed by atoms with Crippen molar-refractivity contribution in [3.05, 3.63) is 11.7 Å². The lowest BCUT2D eigenvalue weighted by molar-refractivity contribution is -0.134. The second kappa shape index (κ2) is 5.19. The van der Waals surface area contributed by atoms with Crippen LogP contribution in [0.4, 0.5) is 13.2 Å². The molecule has 1 aromatic rings. The number of sulfonamides is 1. The maximum absolute atomic E-state index is 12.5. The van der Waals surface area contributed by atoms with Crippen LogP contribution in [0.15, 0.2) is 4.52 Å². The van der Waals surface area contributed by atoms with Crippen molar-refractivity contribution in [1.82, 2.24) is 14.4 Å². The molecule has 1 spiro atoms. The van der Waals surface area contributed by atoms with E-state index in [0.29, 0.717) is 25.8 Å². The zero-order valence-corrected chi connectivity index (χ0v) is 12.6. The predicted molar refractivity (Wildman–Crippen MR) is 69.2 cm³/mol. The van der Waals surface area contributed by atoms with Crippen LogP contribution in [0.3, 0.4) is 0 Å². The van der Waals surface area contributed by atoms with Crippen LogP contribution in [0.2, 0.25) is 0 Å². The Morgan fingerprint density at radius 1 is 1.27 bits per heavy atom. The summed E-state index contributed by atoms with van der Waals surface area (Å²) < 4.78 is 66.9. The minimum Gasteiger partial charge on any atom is -0.338 e. The number of rotatable bonds is 4. The Morgan fingerprint density at radius 2 is 2.00 bits per heavy atom. The second-order valence-corrected chi connectivity index (χ2v) is 8.18. The zero-order chi connectivity index (χ0) is 16.0. The molecule has 0 radical (unpaired) electrons. The summed E-state index contributed by atoms with van der Waals surface area (Å²) in [5.74, 6) is -0.0127. The Morgan fingerprint density at radius 3 is 2.64 bits per heavy atom. The van der Waals surface area contributed by atoms with Gasteiger partial charge in [0.05, 0.1) is 17.7 Å². The van der Waals surface area contributed by atoms with Crippen molar-refractivity contribution in [3.8, 4) is 0 Å². The molecular weight excluding hydrogens is 323 g/mol. The van der Waals surface area contributed by atoms with Crippen LogP contribution >= 0.6 is 0 Å². The zero-order valence-electron chi connectivity index (χ0n) is 11.8. The molecule has 1 saturated carbocycles. The quantitative estimate of drug-likeness (QED) is 0.839. The molecule has 2 aliphatic rings. The molecule has 1 aromatic heterocycles. The molecule has 6 nitrogen and oxygen atoms in total. The van der Waals surface area contributed by atoms with Crippen molar-refractivity contribution in [3.63, 3.8) is 0 Å². The smallest absolute Gasteiger partial charge is 0.338 e. The lowest BCUT2D eigenvalue weighted by Gasteiger charge is -2.31. The standard InChI is InChI=1S/C12H16F3N3O3S/c13-12(14,15)4-2-9-16-10(21-17-9)8-18-7-1-3-11(5-6-11)22(18,19)20/h1-8H2. The van der Waals surface area contributed by atoms with Crippen LogP contribution in [-0.2, 0) is 23.0 Å². The number of aromatic nitrogens is 2. The molecule has 3 rings (SSSR count). The van der Waals surface area contributed by atoms with Crippen LogP contribution in [-0.4, -0.2) is 40.3 Å². The molecule has 0 amide bonds. The SMILES string of the molecule is O=S1(=O)N(Cc2nc(CCC(F)(F)F)no2)CCCC12CC2. The molecule has 0 bridgehead atoms. The molecule has 2 heterocycles. The van der Waals surface area contributed by atoms with Crippen LogP contribution in [0.5, 0.6) is 0 Å². The van der Waals surface area contributed by atoms with Crippen LogP contribution in [0, 0.1) is 0 Å². The van der Waals surface area contributed by atoms with Gasteiger partial charge in [-0.15, -0.1) is 0 Å². The largest absolute Gasteiger partial charge is 0.389 e. The van der Waals surface area contributed by atoms with E-state index in [1.165, 1.54) is 4.31 Å². The monoisotopic (exact) mass is 339 g/mol. The number of aryl methyl sites for hydroxylation is 1.